The van der Waals surface area contributed by atoms with Gasteiger partial charge in [-0.2, -0.15) is 0 Å². The number of benzene rings is 1. The Hall–Kier alpha value is -1.17. The zero-order valence-electron chi connectivity index (χ0n) is 10.3. The number of hydrogen-bond acceptors (Lipinski definition) is 3. The molecule has 2 rings (SSSR count). The van der Waals surface area contributed by atoms with Crippen molar-refractivity contribution in [3.63, 3.8) is 0 Å². The second kappa shape index (κ2) is 6.32. The summed E-state index contributed by atoms with van der Waals surface area (Å²) in [6, 6.07) is 2.95. The van der Waals surface area contributed by atoms with Crippen LogP contribution in [-0.4, -0.2) is 21.5 Å². The van der Waals surface area contributed by atoms with Crippen LogP contribution in [0.1, 0.15) is 19.0 Å². The van der Waals surface area contributed by atoms with Gasteiger partial charge in [-0.05, 0) is 25.1 Å². The van der Waals surface area contributed by atoms with Gasteiger partial charge in [0.15, 0.2) is 5.82 Å². The van der Waals surface area contributed by atoms with E-state index >= 15 is 0 Å². The molecule has 0 aliphatic heterocycles. The quantitative estimate of drug-likeness (QED) is 0.681. The van der Waals surface area contributed by atoms with Crippen LogP contribution in [0.2, 0.25) is 10.0 Å². The lowest BCUT2D eigenvalue weighted by molar-refractivity contribution is 0.624. The lowest BCUT2D eigenvalue weighted by Gasteiger charge is -2.08. The molecule has 0 saturated carbocycles. The summed E-state index contributed by atoms with van der Waals surface area (Å²) >= 11 is 11.6. The maximum Gasteiger partial charge on any atom is 0.160 e. The van der Waals surface area contributed by atoms with Crippen LogP contribution >= 0.6 is 23.2 Å². The first-order valence-electron chi connectivity index (χ1n) is 5.88. The van der Waals surface area contributed by atoms with E-state index in [9.17, 15) is 4.39 Å². The molecule has 4 nitrogen and oxygen atoms in total. The lowest BCUT2D eigenvalue weighted by Crippen LogP contribution is -2.16. The first-order chi connectivity index (χ1) is 9.13. The number of nitrogens with zero attached hydrogens (tertiary/aromatic N) is 3. The highest BCUT2D eigenvalue weighted by atomic mass is 35.5. The Kier molecular flexibility index (Phi) is 4.74. The molecule has 1 aromatic carbocycles. The number of halogens is 3. The first kappa shape index (κ1) is 14.2. The average Bonchev–Trinajstić information content (AvgIpc) is 2.84. The molecule has 102 valence electrons. The molecule has 7 heteroatoms. The summed E-state index contributed by atoms with van der Waals surface area (Å²) < 4.78 is 15.0. The number of nitrogens with one attached hydrogen (secondary N) is 1. The highest BCUT2D eigenvalue weighted by molar-refractivity contribution is 6.35. The molecule has 2 aromatic rings. The number of aromatic nitrogens is 3. The van der Waals surface area contributed by atoms with E-state index in [4.69, 9.17) is 23.2 Å². The van der Waals surface area contributed by atoms with E-state index in [1.807, 2.05) is 0 Å². The molecule has 0 fully saturated rings. The first-order valence-corrected chi connectivity index (χ1v) is 6.64. The largest absolute Gasteiger partial charge is 0.311 e. The second-order valence-corrected chi connectivity index (χ2v) is 4.85. The predicted molar refractivity (Wildman–Crippen MR) is 73.3 cm³/mol. The van der Waals surface area contributed by atoms with Crippen LogP contribution in [0.3, 0.4) is 0 Å². The van der Waals surface area contributed by atoms with Crippen molar-refractivity contribution in [2.75, 3.05) is 6.54 Å². The molecular weight excluding hydrogens is 290 g/mol. The van der Waals surface area contributed by atoms with Crippen LogP contribution in [0.25, 0.3) is 5.69 Å². The highest BCUT2D eigenvalue weighted by Gasteiger charge is 2.12. The van der Waals surface area contributed by atoms with Crippen molar-refractivity contribution in [1.29, 1.82) is 0 Å². The predicted octanol–water partition coefficient (Wildman–Crippen LogP) is 3.21. The van der Waals surface area contributed by atoms with Crippen molar-refractivity contribution in [3.8, 4) is 5.69 Å². The third-order valence-corrected chi connectivity index (χ3v) is 3.12. The van der Waals surface area contributed by atoms with Gasteiger partial charge < -0.3 is 5.32 Å². The molecule has 0 radical (unpaired) electrons. The Bertz CT molecular complexity index is 548. The van der Waals surface area contributed by atoms with Gasteiger partial charge in [-0.25, -0.2) is 9.07 Å². The van der Waals surface area contributed by atoms with E-state index in [0.29, 0.717) is 12.2 Å². The highest BCUT2D eigenvalue weighted by Crippen LogP contribution is 2.26. The smallest absolute Gasteiger partial charge is 0.160 e. The molecule has 0 amide bonds. The molecule has 0 aliphatic rings. The van der Waals surface area contributed by atoms with Gasteiger partial charge in [0.05, 0.1) is 27.6 Å². The van der Waals surface area contributed by atoms with Gasteiger partial charge in [0, 0.05) is 6.54 Å². The monoisotopic (exact) mass is 302 g/mol. The zero-order chi connectivity index (χ0) is 13.8. The minimum absolute atomic E-state index is 0.0366. The lowest BCUT2D eigenvalue weighted by atomic mass is 10.3. The summed E-state index contributed by atoms with van der Waals surface area (Å²) in [4.78, 5) is 0. The Balaban J connectivity index is 2.29. The molecule has 1 heterocycles. The van der Waals surface area contributed by atoms with E-state index in [1.165, 1.54) is 12.1 Å². The fraction of sp³-hybridized carbons (Fsp3) is 0.333. The fourth-order valence-corrected chi connectivity index (χ4v) is 2.13. The minimum Gasteiger partial charge on any atom is -0.311 e. The molecule has 1 aromatic heterocycles. The molecule has 0 unspecified atom stereocenters. The minimum atomic E-state index is -0.627. The molecule has 19 heavy (non-hydrogen) atoms. The van der Waals surface area contributed by atoms with E-state index < -0.39 is 5.82 Å². The topological polar surface area (TPSA) is 42.7 Å². The Labute approximate surface area is 120 Å². The van der Waals surface area contributed by atoms with Crippen LogP contribution in [0.5, 0.6) is 0 Å². The number of rotatable bonds is 5. The summed E-state index contributed by atoms with van der Waals surface area (Å²) in [5.41, 5.74) is 1.44. The summed E-state index contributed by atoms with van der Waals surface area (Å²) in [5, 5.41) is 11.0. The standard InChI is InChI=1S/C12H13Cl2FN4/c1-2-3-16-6-9-7-17-18-19(9)8-4-10(13)12(15)11(14)5-8/h4-5,7,16H,2-3,6H2,1H3. The molecule has 1 N–H and O–H groups in total. The summed E-state index contributed by atoms with van der Waals surface area (Å²) in [6.45, 7) is 3.60. The summed E-state index contributed by atoms with van der Waals surface area (Å²) in [7, 11) is 0. The second-order valence-electron chi connectivity index (χ2n) is 4.04. The molecular formula is C12H13Cl2FN4. The SMILES string of the molecule is CCCNCc1cnnn1-c1cc(Cl)c(F)c(Cl)c1. The Morgan fingerprint density at radius 1 is 1.32 bits per heavy atom. The Morgan fingerprint density at radius 2 is 2.00 bits per heavy atom. The number of hydrogen-bond donors (Lipinski definition) is 1. The van der Waals surface area contributed by atoms with Crippen LogP contribution in [0.15, 0.2) is 18.3 Å². The van der Waals surface area contributed by atoms with Crippen molar-refractivity contribution in [2.45, 2.75) is 19.9 Å². The van der Waals surface area contributed by atoms with Gasteiger partial charge in [-0.3, -0.25) is 0 Å². The molecule has 0 spiro atoms. The van der Waals surface area contributed by atoms with Crippen molar-refractivity contribution >= 4 is 23.2 Å². The zero-order valence-corrected chi connectivity index (χ0v) is 11.8. The van der Waals surface area contributed by atoms with Gasteiger partial charge in [-0.15, -0.1) is 5.10 Å². The van der Waals surface area contributed by atoms with Crippen molar-refractivity contribution in [1.82, 2.24) is 20.3 Å². The van der Waals surface area contributed by atoms with Crippen molar-refractivity contribution < 1.29 is 4.39 Å². The fourth-order valence-electron chi connectivity index (χ4n) is 1.65. The average molecular weight is 303 g/mol. The third kappa shape index (κ3) is 3.23. The van der Waals surface area contributed by atoms with Crippen LogP contribution in [0, 0.1) is 5.82 Å². The Morgan fingerprint density at radius 3 is 2.63 bits per heavy atom. The van der Waals surface area contributed by atoms with Gasteiger partial charge >= 0.3 is 0 Å². The van der Waals surface area contributed by atoms with Gasteiger partial charge in [0.2, 0.25) is 0 Å². The van der Waals surface area contributed by atoms with E-state index in [1.54, 1.807) is 10.9 Å². The van der Waals surface area contributed by atoms with Crippen molar-refractivity contribution in [3.05, 3.63) is 39.9 Å². The summed E-state index contributed by atoms with van der Waals surface area (Å²) in [5.74, 6) is -0.627. The maximum atomic E-state index is 13.4. The molecule has 0 atom stereocenters. The molecule has 0 saturated heterocycles. The van der Waals surface area contributed by atoms with Crippen molar-refractivity contribution in [2.24, 2.45) is 0 Å². The van der Waals surface area contributed by atoms with Crippen LogP contribution in [0.4, 0.5) is 4.39 Å². The normalized spacial score (nSPS) is 10.9. The van der Waals surface area contributed by atoms with Gasteiger partial charge in [-0.1, -0.05) is 35.3 Å². The maximum absolute atomic E-state index is 13.4. The molecule has 0 aliphatic carbocycles. The van der Waals surface area contributed by atoms with Gasteiger partial charge in [0.1, 0.15) is 0 Å². The van der Waals surface area contributed by atoms with E-state index in [-0.39, 0.29) is 10.0 Å². The third-order valence-electron chi connectivity index (χ3n) is 2.57. The molecule has 0 bridgehead atoms. The van der Waals surface area contributed by atoms with E-state index in [2.05, 4.69) is 22.6 Å². The van der Waals surface area contributed by atoms with Crippen LogP contribution < -0.4 is 5.32 Å². The van der Waals surface area contributed by atoms with E-state index in [0.717, 1.165) is 18.7 Å². The van der Waals surface area contributed by atoms with Crippen LogP contribution in [-0.2, 0) is 6.54 Å². The summed E-state index contributed by atoms with van der Waals surface area (Å²) in [6.07, 6.45) is 2.68. The van der Waals surface area contributed by atoms with Gasteiger partial charge in [0.25, 0.3) is 0 Å².